The van der Waals surface area contributed by atoms with Gasteiger partial charge in [-0.1, -0.05) is 26.0 Å². The normalized spacial score (nSPS) is 22.7. The highest BCUT2D eigenvalue weighted by molar-refractivity contribution is 6.03. The number of nitro benzene ring substituents is 1. The van der Waals surface area contributed by atoms with Gasteiger partial charge in [0.05, 0.1) is 34.9 Å². The number of rotatable bonds is 9. The monoisotopic (exact) mass is 499 g/mol. The van der Waals surface area contributed by atoms with Gasteiger partial charge in [-0.25, -0.2) is 4.79 Å². The highest BCUT2D eigenvalue weighted by Crippen LogP contribution is 2.38. The zero-order chi connectivity index (χ0) is 26.0. The number of benzene rings is 1. The predicted molar refractivity (Wildman–Crippen MR) is 131 cm³/mol. The number of non-ortho nitro benzene ring substituents is 1. The summed E-state index contributed by atoms with van der Waals surface area (Å²) >= 11 is 0. The van der Waals surface area contributed by atoms with Gasteiger partial charge in [0.1, 0.15) is 6.04 Å². The van der Waals surface area contributed by atoms with Crippen molar-refractivity contribution >= 4 is 23.5 Å². The lowest BCUT2D eigenvalue weighted by atomic mass is 9.95. The number of amides is 4. The lowest BCUT2D eigenvalue weighted by Crippen LogP contribution is -2.50. The maximum atomic E-state index is 13.8. The molecule has 0 saturated carbocycles. The van der Waals surface area contributed by atoms with Gasteiger partial charge in [0.25, 0.3) is 11.6 Å². The van der Waals surface area contributed by atoms with Gasteiger partial charge in [-0.2, -0.15) is 0 Å². The van der Waals surface area contributed by atoms with E-state index < -0.39 is 17.0 Å². The summed E-state index contributed by atoms with van der Waals surface area (Å²) in [5.41, 5.74) is 1.19. The highest BCUT2D eigenvalue weighted by Gasteiger charge is 2.47. The Bertz CT molecular complexity index is 1080. The van der Waals surface area contributed by atoms with Gasteiger partial charge in [0.2, 0.25) is 5.91 Å². The number of nitrogens with zero attached hydrogens (tertiary/aromatic N) is 3. The first kappa shape index (κ1) is 25.6. The van der Waals surface area contributed by atoms with E-state index in [2.05, 4.69) is 10.6 Å². The molecule has 1 saturated heterocycles. The third-order valence-corrected chi connectivity index (χ3v) is 6.88. The van der Waals surface area contributed by atoms with Gasteiger partial charge in [0.15, 0.2) is 0 Å². The van der Waals surface area contributed by atoms with Crippen molar-refractivity contribution in [2.24, 2.45) is 5.92 Å². The van der Waals surface area contributed by atoms with Crippen LogP contribution in [0, 0.1) is 16.0 Å². The molecule has 0 bridgehead atoms. The summed E-state index contributed by atoms with van der Waals surface area (Å²) in [7, 11) is 0. The largest absolute Gasteiger partial charge is 0.376 e. The molecule has 11 heteroatoms. The fraction of sp³-hybridized carbons (Fsp3) is 0.560. The van der Waals surface area contributed by atoms with E-state index in [0.717, 1.165) is 12.8 Å². The van der Waals surface area contributed by atoms with Crippen LogP contribution in [0.3, 0.4) is 0 Å². The molecule has 3 atom stereocenters. The Labute approximate surface area is 210 Å². The zero-order valence-electron chi connectivity index (χ0n) is 20.9. The number of hydrogen-bond acceptors (Lipinski definition) is 6. The topological polar surface area (TPSA) is 134 Å². The summed E-state index contributed by atoms with van der Waals surface area (Å²) in [5, 5.41) is 17.1. The van der Waals surface area contributed by atoms with Crippen LogP contribution in [-0.2, 0) is 14.3 Å². The van der Waals surface area contributed by atoms with Crippen molar-refractivity contribution in [1.29, 1.82) is 0 Å². The van der Waals surface area contributed by atoms with Gasteiger partial charge in [0, 0.05) is 31.8 Å². The van der Waals surface area contributed by atoms with Crippen LogP contribution in [0.1, 0.15) is 51.6 Å². The molecule has 1 aromatic carbocycles. The van der Waals surface area contributed by atoms with Crippen LogP contribution in [0.4, 0.5) is 10.5 Å². The summed E-state index contributed by atoms with van der Waals surface area (Å²) in [6, 6.07) is 3.97. The molecule has 0 aliphatic carbocycles. The number of likely N-dealkylation sites (N-methyl/N-ethyl adjacent to an activating group) is 1. The molecule has 36 heavy (non-hydrogen) atoms. The maximum Gasteiger partial charge on any atom is 0.322 e. The standard InChI is InChI=1S/C25H33N5O6/c1-4-28-20-14-29(19(11-15(2)3)23(31)26-13-18-9-6-10-36-18)24(32)21(20)22(27-25(28)33)16-7-5-8-17(12-16)30(34)35/h5,7-8,12,15,18-19,22H,4,6,9-11,13-14H2,1-3H3,(H,26,31)(H,27,33)/t18-,19+,22+/m0/s1. The number of urea groups is 1. The molecule has 0 unspecified atom stereocenters. The van der Waals surface area contributed by atoms with Crippen LogP contribution in [0.2, 0.25) is 0 Å². The molecule has 0 radical (unpaired) electrons. The average molecular weight is 500 g/mol. The van der Waals surface area contributed by atoms with Gasteiger partial charge >= 0.3 is 6.03 Å². The second-order valence-corrected chi connectivity index (χ2v) is 9.80. The van der Waals surface area contributed by atoms with Crippen molar-refractivity contribution in [3.63, 3.8) is 0 Å². The van der Waals surface area contributed by atoms with Gasteiger partial charge < -0.3 is 20.3 Å². The highest BCUT2D eigenvalue weighted by atomic mass is 16.6. The number of carbonyl (C=O) groups excluding carboxylic acids is 3. The first-order valence-corrected chi connectivity index (χ1v) is 12.5. The summed E-state index contributed by atoms with van der Waals surface area (Å²) in [6.07, 6.45) is 2.28. The molecule has 1 aromatic rings. The van der Waals surface area contributed by atoms with Crippen molar-refractivity contribution < 1.29 is 24.0 Å². The van der Waals surface area contributed by atoms with Crippen LogP contribution in [0.25, 0.3) is 0 Å². The molecule has 3 aliphatic rings. The van der Waals surface area contributed by atoms with Crippen molar-refractivity contribution in [1.82, 2.24) is 20.4 Å². The minimum absolute atomic E-state index is 0.0232. The second kappa shape index (κ2) is 10.7. The quantitative estimate of drug-likeness (QED) is 0.396. The van der Waals surface area contributed by atoms with E-state index in [1.165, 1.54) is 28.0 Å². The van der Waals surface area contributed by atoms with Gasteiger partial charge in [-0.15, -0.1) is 0 Å². The Hall–Kier alpha value is -3.47. The third-order valence-electron chi connectivity index (χ3n) is 6.88. The molecule has 3 aliphatic heterocycles. The molecular formula is C25H33N5O6. The fourth-order valence-electron chi connectivity index (χ4n) is 5.13. The number of nitro groups is 1. The van der Waals surface area contributed by atoms with E-state index in [0.29, 0.717) is 43.0 Å². The van der Waals surface area contributed by atoms with Gasteiger partial charge in [-0.05, 0) is 37.7 Å². The van der Waals surface area contributed by atoms with Crippen LogP contribution in [0.15, 0.2) is 35.5 Å². The molecule has 11 nitrogen and oxygen atoms in total. The Kier molecular flexibility index (Phi) is 7.58. The first-order chi connectivity index (χ1) is 17.2. The lowest BCUT2D eigenvalue weighted by molar-refractivity contribution is -0.384. The number of nitrogens with one attached hydrogen (secondary N) is 2. The molecule has 4 rings (SSSR count). The Morgan fingerprint density at radius 3 is 2.75 bits per heavy atom. The Morgan fingerprint density at radius 2 is 2.11 bits per heavy atom. The van der Waals surface area contributed by atoms with Crippen molar-refractivity contribution in [2.45, 2.75) is 58.2 Å². The first-order valence-electron chi connectivity index (χ1n) is 12.5. The van der Waals surface area contributed by atoms with E-state index >= 15 is 0 Å². The molecular weight excluding hydrogens is 466 g/mol. The second-order valence-electron chi connectivity index (χ2n) is 9.80. The van der Waals surface area contributed by atoms with E-state index in [9.17, 15) is 24.5 Å². The molecule has 4 amide bonds. The van der Waals surface area contributed by atoms with Crippen molar-refractivity contribution in [3.8, 4) is 0 Å². The van der Waals surface area contributed by atoms with Crippen LogP contribution in [0.5, 0.6) is 0 Å². The smallest absolute Gasteiger partial charge is 0.322 e. The maximum absolute atomic E-state index is 13.8. The summed E-state index contributed by atoms with van der Waals surface area (Å²) in [5.74, 6) is -0.456. The predicted octanol–water partition coefficient (Wildman–Crippen LogP) is 2.49. The SMILES string of the molecule is CCN1C(=O)N[C@H](c2cccc([N+](=O)[O-])c2)C2=C1CN([C@H](CC(C)C)C(=O)NC[C@@H]1CCCO1)C2=O. The minimum Gasteiger partial charge on any atom is -0.376 e. The molecule has 0 aromatic heterocycles. The van der Waals surface area contributed by atoms with Crippen molar-refractivity contribution in [3.05, 3.63) is 51.2 Å². The Balaban J connectivity index is 1.64. The molecule has 194 valence electrons. The summed E-state index contributed by atoms with van der Waals surface area (Å²) < 4.78 is 5.61. The average Bonchev–Trinajstić information content (AvgIpc) is 3.48. The van der Waals surface area contributed by atoms with E-state index in [1.54, 1.807) is 6.07 Å². The van der Waals surface area contributed by atoms with Crippen molar-refractivity contribution in [2.75, 3.05) is 26.2 Å². The molecule has 1 fully saturated rings. The van der Waals surface area contributed by atoms with Gasteiger partial charge in [-0.3, -0.25) is 24.6 Å². The summed E-state index contributed by atoms with van der Waals surface area (Å²) in [4.78, 5) is 54.0. The van der Waals surface area contributed by atoms with E-state index in [1.807, 2.05) is 20.8 Å². The summed E-state index contributed by atoms with van der Waals surface area (Å²) in [6.45, 7) is 7.32. The number of carbonyl (C=O) groups is 3. The third kappa shape index (κ3) is 5.06. The molecule has 2 N–H and O–H groups in total. The van der Waals surface area contributed by atoms with E-state index in [-0.39, 0.29) is 42.1 Å². The molecule has 3 heterocycles. The zero-order valence-corrected chi connectivity index (χ0v) is 20.9. The molecule has 0 spiro atoms. The van der Waals surface area contributed by atoms with E-state index in [4.69, 9.17) is 4.74 Å². The van der Waals surface area contributed by atoms with Crippen LogP contribution in [-0.4, -0.2) is 71.0 Å². The number of ether oxygens (including phenoxy) is 1. The lowest BCUT2D eigenvalue weighted by Gasteiger charge is -2.32. The fourth-order valence-corrected chi connectivity index (χ4v) is 5.13. The minimum atomic E-state index is -0.845. The Morgan fingerprint density at radius 1 is 1.33 bits per heavy atom. The van der Waals surface area contributed by atoms with Crippen LogP contribution >= 0.6 is 0 Å². The number of hydrogen-bond donors (Lipinski definition) is 2. The van der Waals surface area contributed by atoms with Crippen LogP contribution < -0.4 is 10.6 Å².